The molecular weight excluding hydrogens is 314 g/mol. The van der Waals surface area contributed by atoms with Gasteiger partial charge in [-0.3, -0.25) is 4.68 Å². The highest BCUT2D eigenvalue weighted by atomic mass is 16.4. The van der Waals surface area contributed by atoms with Crippen LogP contribution in [0, 0.1) is 6.57 Å². The van der Waals surface area contributed by atoms with E-state index in [1.165, 1.54) is 0 Å². The molecule has 5 nitrogen and oxygen atoms in total. The second kappa shape index (κ2) is 6.27. The number of hydrogen-bond donors (Lipinski definition) is 1. The molecule has 4 rings (SSSR count). The molecule has 0 aliphatic heterocycles. The maximum absolute atomic E-state index is 9.22. The molecule has 2 aromatic carbocycles. The number of para-hydroxylation sites is 1. The monoisotopic (exact) mass is 329 g/mol. The van der Waals surface area contributed by atoms with Crippen molar-refractivity contribution in [3.05, 3.63) is 83.4 Å². The Hall–Kier alpha value is -3.36. The molecule has 122 valence electrons. The van der Waals surface area contributed by atoms with Crippen molar-refractivity contribution < 1.29 is 9.52 Å². The number of furan rings is 1. The fourth-order valence-electron chi connectivity index (χ4n) is 2.92. The Morgan fingerprint density at radius 3 is 2.76 bits per heavy atom. The zero-order valence-corrected chi connectivity index (χ0v) is 13.4. The van der Waals surface area contributed by atoms with Gasteiger partial charge < -0.3 is 9.52 Å². The molecule has 0 saturated heterocycles. The molecule has 4 aromatic rings. The lowest BCUT2D eigenvalue weighted by Crippen LogP contribution is -2.01. The number of fused-ring (bicyclic) bond motifs is 1. The summed E-state index contributed by atoms with van der Waals surface area (Å²) in [6, 6.07) is 19.1. The van der Waals surface area contributed by atoms with Crippen LogP contribution < -0.4 is 0 Å². The standard InChI is InChI=1S/C20H15N3O2/c1-21-15-6-4-5-14(11-15)12-23-18-8-3-2-7-17(18)20(22-23)19-10-9-16(13-24)25-19/h2-11,24H,12-13H2. The number of benzene rings is 2. The van der Waals surface area contributed by atoms with Crippen LogP contribution in [0.2, 0.25) is 0 Å². The molecule has 0 unspecified atom stereocenters. The van der Waals surface area contributed by atoms with E-state index in [0.29, 0.717) is 23.8 Å². The third kappa shape index (κ3) is 2.80. The fraction of sp³-hybridized carbons (Fsp3) is 0.100. The molecule has 0 radical (unpaired) electrons. The molecule has 0 fully saturated rings. The van der Waals surface area contributed by atoms with E-state index in [9.17, 15) is 5.11 Å². The molecule has 1 N–H and O–H groups in total. The number of nitrogens with zero attached hydrogens (tertiary/aromatic N) is 3. The van der Waals surface area contributed by atoms with Gasteiger partial charge in [-0.2, -0.15) is 5.10 Å². The van der Waals surface area contributed by atoms with Crippen LogP contribution in [0.25, 0.3) is 27.2 Å². The largest absolute Gasteiger partial charge is 0.457 e. The minimum Gasteiger partial charge on any atom is -0.457 e. The van der Waals surface area contributed by atoms with Gasteiger partial charge in [0.1, 0.15) is 18.1 Å². The second-order valence-corrected chi connectivity index (χ2v) is 5.73. The Bertz CT molecular complexity index is 1090. The normalized spacial score (nSPS) is 10.9. The highest BCUT2D eigenvalue weighted by Crippen LogP contribution is 2.30. The average molecular weight is 329 g/mol. The lowest BCUT2D eigenvalue weighted by atomic mass is 10.1. The Morgan fingerprint density at radius 2 is 1.96 bits per heavy atom. The van der Waals surface area contributed by atoms with Gasteiger partial charge >= 0.3 is 0 Å². The highest BCUT2D eigenvalue weighted by molar-refractivity contribution is 5.92. The quantitative estimate of drug-likeness (QED) is 0.565. The molecule has 5 heteroatoms. The zero-order chi connectivity index (χ0) is 17.2. The summed E-state index contributed by atoms with van der Waals surface area (Å²) in [5, 5.41) is 14.9. The van der Waals surface area contributed by atoms with Crippen LogP contribution in [0.5, 0.6) is 0 Å². The topological polar surface area (TPSA) is 55.5 Å². The summed E-state index contributed by atoms with van der Waals surface area (Å²) >= 11 is 0. The molecule has 0 aliphatic rings. The molecule has 2 heterocycles. The van der Waals surface area contributed by atoms with Crippen molar-refractivity contribution >= 4 is 16.6 Å². The van der Waals surface area contributed by atoms with E-state index >= 15 is 0 Å². The van der Waals surface area contributed by atoms with Crippen molar-refractivity contribution in [1.82, 2.24) is 9.78 Å². The highest BCUT2D eigenvalue weighted by Gasteiger charge is 2.15. The van der Waals surface area contributed by atoms with Crippen LogP contribution in [0.3, 0.4) is 0 Å². The van der Waals surface area contributed by atoms with Crippen molar-refractivity contribution in [2.24, 2.45) is 0 Å². The Balaban J connectivity index is 1.80. The summed E-state index contributed by atoms with van der Waals surface area (Å²) in [5.74, 6) is 1.15. The van der Waals surface area contributed by atoms with Crippen molar-refractivity contribution in [1.29, 1.82) is 0 Å². The predicted molar refractivity (Wildman–Crippen MR) is 95.2 cm³/mol. The van der Waals surface area contributed by atoms with Crippen molar-refractivity contribution in [2.45, 2.75) is 13.2 Å². The molecule has 2 aromatic heterocycles. The Labute approximate surface area is 144 Å². The molecule has 0 atom stereocenters. The molecule has 0 bridgehead atoms. The van der Waals surface area contributed by atoms with Crippen LogP contribution in [-0.2, 0) is 13.2 Å². The van der Waals surface area contributed by atoms with Gasteiger partial charge in [-0.15, -0.1) is 0 Å². The van der Waals surface area contributed by atoms with Gasteiger partial charge in [0.15, 0.2) is 11.4 Å². The molecule has 0 spiro atoms. The molecule has 0 aliphatic carbocycles. The zero-order valence-electron chi connectivity index (χ0n) is 13.4. The minimum absolute atomic E-state index is 0.137. The smallest absolute Gasteiger partial charge is 0.187 e. The Kier molecular flexibility index (Phi) is 3.81. The maximum Gasteiger partial charge on any atom is 0.187 e. The third-order valence-corrected chi connectivity index (χ3v) is 4.08. The van der Waals surface area contributed by atoms with E-state index in [1.54, 1.807) is 12.1 Å². The summed E-state index contributed by atoms with van der Waals surface area (Å²) in [6.45, 7) is 7.59. The second-order valence-electron chi connectivity index (χ2n) is 5.73. The number of aliphatic hydroxyl groups is 1. The van der Waals surface area contributed by atoms with Gasteiger partial charge in [-0.1, -0.05) is 42.5 Å². The fourth-order valence-corrected chi connectivity index (χ4v) is 2.92. The summed E-state index contributed by atoms with van der Waals surface area (Å²) in [5.41, 5.74) is 3.38. The van der Waals surface area contributed by atoms with Gasteiger partial charge in [0.05, 0.1) is 18.6 Å². The van der Waals surface area contributed by atoms with Crippen molar-refractivity contribution in [3.8, 4) is 11.5 Å². The number of aliphatic hydroxyl groups excluding tert-OH is 1. The van der Waals surface area contributed by atoms with Crippen LogP contribution in [0.1, 0.15) is 11.3 Å². The molecule has 25 heavy (non-hydrogen) atoms. The van der Waals surface area contributed by atoms with Gasteiger partial charge in [0.2, 0.25) is 0 Å². The van der Waals surface area contributed by atoms with Crippen LogP contribution in [0.4, 0.5) is 5.69 Å². The summed E-state index contributed by atoms with van der Waals surface area (Å²) in [7, 11) is 0. The van der Waals surface area contributed by atoms with E-state index in [4.69, 9.17) is 16.1 Å². The van der Waals surface area contributed by atoms with E-state index in [0.717, 1.165) is 22.2 Å². The summed E-state index contributed by atoms with van der Waals surface area (Å²) < 4.78 is 7.57. The number of rotatable bonds is 4. The van der Waals surface area contributed by atoms with Gasteiger partial charge in [-0.25, -0.2) is 4.85 Å². The lowest BCUT2D eigenvalue weighted by molar-refractivity contribution is 0.248. The first-order valence-electron chi connectivity index (χ1n) is 7.90. The van der Waals surface area contributed by atoms with Crippen LogP contribution in [0.15, 0.2) is 65.1 Å². The van der Waals surface area contributed by atoms with Gasteiger partial charge in [-0.05, 0) is 23.8 Å². The van der Waals surface area contributed by atoms with E-state index in [2.05, 4.69) is 4.85 Å². The minimum atomic E-state index is -0.137. The van der Waals surface area contributed by atoms with Gasteiger partial charge in [0, 0.05) is 5.39 Å². The Morgan fingerprint density at radius 1 is 1.08 bits per heavy atom. The third-order valence-electron chi connectivity index (χ3n) is 4.08. The van der Waals surface area contributed by atoms with Crippen molar-refractivity contribution in [2.75, 3.05) is 0 Å². The summed E-state index contributed by atoms with van der Waals surface area (Å²) in [6.07, 6.45) is 0. The lowest BCUT2D eigenvalue weighted by Gasteiger charge is -2.04. The molecule has 0 amide bonds. The first-order chi connectivity index (χ1) is 12.3. The SMILES string of the molecule is [C-]#[N+]c1cccc(Cn2nc(-c3ccc(CO)o3)c3ccccc32)c1. The van der Waals surface area contributed by atoms with E-state index in [-0.39, 0.29) is 6.61 Å². The van der Waals surface area contributed by atoms with Crippen molar-refractivity contribution in [3.63, 3.8) is 0 Å². The van der Waals surface area contributed by atoms with E-state index in [1.807, 2.05) is 53.2 Å². The van der Waals surface area contributed by atoms with E-state index < -0.39 is 0 Å². The van der Waals surface area contributed by atoms with Gasteiger partial charge in [0.25, 0.3) is 0 Å². The average Bonchev–Trinajstić information content (AvgIpc) is 3.27. The molecule has 0 saturated carbocycles. The first kappa shape index (κ1) is 15.2. The maximum atomic E-state index is 9.22. The van der Waals surface area contributed by atoms with Crippen LogP contribution in [-0.4, -0.2) is 14.9 Å². The van der Waals surface area contributed by atoms with Crippen LogP contribution >= 0.6 is 0 Å². The number of hydrogen-bond acceptors (Lipinski definition) is 3. The number of aromatic nitrogens is 2. The molecular formula is C20H15N3O2. The first-order valence-corrected chi connectivity index (χ1v) is 7.90. The summed E-state index contributed by atoms with van der Waals surface area (Å²) in [4.78, 5) is 3.48. The predicted octanol–water partition coefficient (Wildman–Crippen LogP) is 4.39.